The largest absolute Gasteiger partial charge is 0.493 e. The van der Waals surface area contributed by atoms with E-state index in [1.165, 1.54) is 22.5 Å². The number of piperidine rings is 1. The molecule has 0 unspecified atom stereocenters. The number of nitrogens with zero attached hydrogens (tertiary/aromatic N) is 3. The lowest BCUT2D eigenvalue weighted by Gasteiger charge is -2.42. The maximum absolute atomic E-state index is 13.3. The molecule has 0 spiro atoms. The Bertz CT molecular complexity index is 1220. The van der Waals surface area contributed by atoms with Crippen LogP contribution in [0.2, 0.25) is 15.1 Å². The van der Waals surface area contributed by atoms with Crippen molar-refractivity contribution in [3.63, 3.8) is 0 Å². The molecule has 202 valence electrons. The molecule has 0 aromatic heterocycles. The van der Waals surface area contributed by atoms with Crippen LogP contribution in [0.3, 0.4) is 0 Å². The summed E-state index contributed by atoms with van der Waals surface area (Å²) in [6.45, 7) is 5.83. The number of ether oxygens (including phenoxy) is 1. The number of piperazine rings is 1. The number of carbonyl (C=O) groups excluding carboxylic acids is 1. The van der Waals surface area contributed by atoms with Gasteiger partial charge in [-0.25, -0.2) is 8.42 Å². The maximum atomic E-state index is 13.3. The van der Waals surface area contributed by atoms with Crippen molar-refractivity contribution >= 4 is 50.7 Å². The summed E-state index contributed by atoms with van der Waals surface area (Å²) in [6.07, 6.45) is 1.29. The molecule has 2 heterocycles. The fourth-order valence-corrected chi connectivity index (χ4v) is 7.12. The summed E-state index contributed by atoms with van der Waals surface area (Å²) in [7, 11) is -1.73. The number of rotatable bonds is 7. The Labute approximate surface area is 234 Å². The van der Waals surface area contributed by atoms with Gasteiger partial charge in [-0.2, -0.15) is 4.31 Å². The van der Waals surface area contributed by atoms with Crippen LogP contribution in [-0.4, -0.2) is 81.4 Å². The molecule has 11 heteroatoms. The molecule has 0 saturated carbocycles. The van der Waals surface area contributed by atoms with Gasteiger partial charge < -0.3 is 14.5 Å². The molecular weight excluding hydrogens is 557 g/mol. The lowest BCUT2D eigenvalue weighted by molar-refractivity contribution is -0.136. The van der Waals surface area contributed by atoms with Crippen LogP contribution in [0.1, 0.15) is 24.8 Å². The van der Waals surface area contributed by atoms with Gasteiger partial charge in [0.2, 0.25) is 15.9 Å². The first-order valence-electron chi connectivity index (χ1n) is 12.3. The van der Waals surface area contributed by atoms with Gasteiger partial charge in [0.15, 0.2) is 0 Å². The fraction of sp³-hybridized carbons (Fsp3) is 0.500. The Morgan fingerprint density at radius 3 is 2.16 bits per heavy atom. The van der Waals surface area contributed by atoms with Crippen LogP contribution >= 0.6 is 34.8 Å². The zero-order chi connectivity index (χ0) is 26.8. The minimum Gasteiger partial charge on any atom is -0.493 e. The zero-order valence-corrected chi connectivity index (χ0v) is 24.1. The van der Waals surface area contributed by atoms with Gasteiger partial charge in [-0.15, -0.1) is 0 Å². The molecule has 0 bridgehead atoms. The van der Waals surface area contributed by atoms with Gasteiger partial charge in [-0.05, 0) is 68.8 Å². The average molecular weight is 589 g/mol. The summed E-state index contributed by atoms with van der Waals surface area (Å²) < 4.78 is 34.3. The van der Waals surface area contributed by atoms with Gasteiger partial charge in [0, 0.05) is 66.2 Å². The van der Waals surface area contributed by atoms with Crippen molar-refractivity contribution in [3.8, 4) is 5.75 Å². The van der Waals surface area contributed by atoms with Crippen molar-refractivity contribution in [2.75, 3.05) is 52.9 Å². The van der Waals surface area contributed by atoms with E-state index >= 15 is 0 Å². The molecule has 4 rings (SSSR count). The molecule has 0 N–H and O–H groups in total. The molecular formula is C26H32Cl3N3O4S. The third kappa shape index (κ3) is 6.91. The summed E-state index contributed by atoms with van der Waals surface area (Å²) >= 11 is 18.3. The van der Waals surface area contributed by atoms with Crippen molar-refractivity contribution < 1.29 is 17.9 Å². The van der Waals surface area contributed by atoms with Crippen LogP contribution in [0.15, 0.2) is 41.3 Å². The third-order valence-corrected chi connectivity index (χ3v) is 10.1. The topological polar surface area (TPSA) is 70.2 Å². The van der Waals surface area contributed by atoms with E-state index in [1.807, 2.05) is 24.0 Å². The first-order chi connectivity index (χ1) is 17.5. The first-order valence-corrected chi connectivity index (χ1v) is 14.9. The Hall–Kier alpha value is -1.55. The number of amides is 1. The molecule has 37 heavy (non-hydrogen) atoms. The monoisotopic (exact) mass is 587 g/mol. The molecule has 2 aliphatic rings. The molecule has 2 aromatic rings. The SMILES string of the molecule is Cc1cc(OCC2(CC(=O)N3CCN(C)CC3)CCN(S(=O)(=O)c3cc(Cl)cc(Cl)c3)CC2)ccc1Cl. The molecule has 0 aliphatic carbocycles. The smallest absolute Gasteiger partial charge is 0.243 e. The molecule has 1 amide bonds. The summed E-state index contributed by atoms with van der Waals surface area (Å²) in [6, 6.07) is 9.80. The van der Waals surface area contributed by atoms with Crippen LogP contribution in [0.25, 0.3) is 0 Å². The average Bonchev–Trinajstić information content (AvgIpc) is 2.85. The Kier molecular flexibility index (Phi) is 8.98. The number of sulfonamides is 1. The molecule has 2 fully saturated rings. The van der Waals surface area contributed by atoms with E-state index in [2.05, 4.69) is 11.9 Å². The van der Waals surface area contributed by atoms with E-state index < -0.39 is 15.4 Å². The summed E-state index contributed by atoms with van der Waals surface area (Å²) in [4.78, 5) is 17.5. The van der Waals surface area contributed by atoms with E-state index in [0.29, 0.717) is 49.7 Å². The van der Waals surface area contributed by atoms with E-state index in [4.69, 9.17) is 39.5 Å². The minimum atomic E-state index is -3.78. The zero-order valence-electron chi connectivity index (χ0n) is 21.1. The summed E-state index contributed by atoms with van der Waals surface area (Å²) in [5.41, 5.74) is 0.411. The highest BCUT2D eigenvalue weighted by atomic mass is 35.5. The Morgan fingerprint density at radius 1 is 0.946 bits per heavy atom. The second kappa shape index (κ2) is 11.7. The van der Waals surface area contributed by atoms with Crippen molar-refractivity contribution in [3.05, 3.63) is 57.0 Å². The predicted molar refractivity (Wildman–Crippen MR) is 147 cm³/mol. The first kappa shape index (κ1) is 28.5. The number of hydrogen-bond donors (Lipinski definition) is 0. The molecule has 0 radical (unpaired) electrons. The van der Waals surface area contributed by atoms with Crippen molar-refractivity contribution in [2.24, 2.45) is 5.41 Å². The highest BCUT2D eigenvalue weighted by Crippen LogP contribution is 2.39. The number of benzene rings is 2. The number of carbonyl (C=O) groups is 1. The quantitative estimate of drug-likeness (QED) is 0.457. The Balaban J connectivity index is 1.51. The van der Waals surface area contributed by atoms with E-state index in [9.17, 15) is 13.2 Å². The molecule has 2 aromatic carbocycles. The van der Waals surface area contributed by atoms with Gasteiger partial charge >= 0.3 is 0 Å². The molecule has 2 saturated heterocycles. The summed E-state index contributed by atoms with van der Waals surface area (Å²) in [5.74, 6) is 0.763. The standard InChI is InChI=1S/C26H32Cl3N3O4S/c1-19-13-22(3-4-24(19)29)36-18-26(17-25(33)31-11-9-30(2)10-12-31)5-7-32(8-6-26)37(34,35)23-15-20(27)14-21(28)16-23/h3-4,13-16H,5-12,17-18H2,1-2H3. The Morgan fingerprint density at radius 2 is 1.57 bits per heavy atom. The van der Waals surface area contributed by atoms with Gasteiger partial charge in [-0.1, -0.05) is 34.8 Å². The van der Waals surface area contributed by atoms with E-state index in [1.54, 1.807) is 6.07 Å². The summed E-state index contributed by atoms with van der Waals surface area (Å²) in [5, 5.41) is 1.19. The van der Waals surface area contributed by atoms with Gasteiger partial charge in [0.05, 0.1) is 11.5 Å². The maximum Gasteiger partial charge on any atom is 0.243 e. The lowest BCUT2D eigenvalue weighted by Crippen LogP contribution is -2.51. The van der Waals surface area contributed by atoms with Gasteiger partial charge in [0.25, 0.3) is 0 Å². The van der Waals surface area contributed by atoms with Crippen LogP contribution in [-0.2, 0) is 14.8 Å². The van der Waals surface area contributed by atoms with E-state index in [-0.39, 0.29) is 33.9 Å². The van der Waals surface area contributed by atoms with Crippen LogP contribution in [0.4, 0.5) is 0 Å². The second-order valence-electron chi connectivity index (χ2n) is 10.1. The normalized spacial score (nSPS) is 19.1. The molecule has 0 atom stereocenters. The van der Waals surface area contributed by atoms with E-state index in [0.717, 1.165) is 18.7 Å². The second-order valence-corrected chi connectivity index (χ2v) is 13.3. The van der Waals surface area contributed by atoms with Crippen LogP contribution in [0.5, 0.6) is 5.75 Å². The van der Waals surface area contributed by atoms with Crippen molar-refractivity contribution in [1.82, 2.24) is 14.1 Å². The highest BCUT2D eigenvalue weighted by Gasteiger charge is 2.42. The van der Waals surface area contributed by atoms with Crippen LogP contribution < -0.4 is 4.74 Å². The van der Waals surface area contributed by atoms with Crippen molar-refractivity contribution in [1.29, 1.82) is 0 Å². The van der Waals surface area contributed by atoms with Gasteiger partial charge in [0.1, 0.15) is 5.75 Å². The third-order valence-electron chi connectivity index (χ3n) is 7.31. The number of halogens is 3. The predicted octanol–water partition coefficient (Wildman–Crippen LogP) is 4.97. The number of hydrogen-bond acceptors (Lipinski definition) is 5. The van der Waals surface area contributed by atoms with Crippen LogP contribution in [0, 0.1) is 12.3 Å². The highest BCUT2D eigenvalue weighted by molar-refractivity contribution is 7.89. The number of likely N-dealkylation sites (N-methyl/N-ethyl adjacent to an activating group) is 1. The molecule has 7 nitrogen and oxygen atoms in total. The minimum absolute atomic E-state index is 0.0684. The lowest BCUT2D eigenvalue weighted by atomic mass is 9.76. The van der Waals surface area contributed by atoms with Gasteiger partial charge in [-0.3, -0.25) is 4.79 Å². The number of aryl methyl sites for hydroxylation is 1. The molecule has 2 aliphatic heterocycles. The van der Waals surface area contributed by atoms with Crippen molar-refractivity contribution in [2.45, 2.75) is 31.1 Å². The fourth-order valence-electron chi connectivity index (χ4n) is 4.83.